The Morgan fingerprint density at radius 3 is 2.75 bits per heavy atom. The molecule has 1 aliphatic rings. The molecule has 1 amide bonds. The van der Waals surface area contributed by atoms with Crippen LogP contribution in [0.1, 0.15) is 39.5 Å². The Bertz CT molecular complexity index is 809. The van der Waals surface area contributed by atoms with E-state index in [0.29, 0.717) is 48.3 Å². The average molecular weight is 326 g/mol. The summed E-state index contributed by atoms with van der Waals surface area (Å²) in [7, 11) is 1.97. The van der Waals surface area contributed by atoms with Crippen LogP contribution in [0.15, 0.2) is 16.7 Å². The predicted octanol–water partition coefficient (Wildman–Crippen LogP) is 1.08. The van der Waals surface area contributed by atoms with Gasteiger partial charge in [0.05, 0.1) is 11.3 Å². The lowest BCUT2D eigenvalue weighted by Gasteiger charge is -2.37. The molecule has 0 aromatic carbocycles. The first-order chi connectivity index (χ1) is 11.5. The lowest BCUT2D eigenvalue weighted by atomic mass is 10.1. The van der Waals surface area contributed by atoms with Crippen LogP contribution in [0.4, 0.5) is 0 Å². The first kappa shape index (κ1) is 16.1. The molecular formula is C16H18N6O2. The summed E-state index contributed by atoms with van der Waals surface area (Å²) in [6, 6.07) is 5.14. The van der Waals surface area contributed by atoms with Gasteiger partial charge >= 0.3 is 0 Å². The van der Waals surface area contributed by atoms with Crippen LogP contribution in [-0.2, 0) is 0 Å². The normalized spacial score (nSPS) is 18.4. The molecule has 0 unspecified atom stereocenters. The number of pyridine rings is 1. The molecule has 124 valence electrons. The predicted molar refractivity (Wildman–Crippen MR) is 84.0 cm³/mol. The summed E-state index contributed by atoms with van der Waals surface area (Å²) >= 11 is 0. The zero-order valence-electron chi connectivity index (χ0n) is 13.9. The molecule has 1 atom stereocenters. The number of aryl methyl sites for hydroxylation is 2. The average Bonchev–Trinajstić information content (AvgIpc) is 3.01. The molecule has 0 spiro atoms. The molecule has 0 saturated carbocycles. The van der Waals surface area contributed by atoms with Crippen LogP contribution >= 0.6 is 0 Å². The topological polar surface area (TPSA) is 99.1 Å². The van der Waals surface area contributed by atoms with Crippen molar-refractivity contribution in [2.75, 3.05) is 26.7 Å². The molecule has 1 saturated heterocycles. The highest BCUT2D eigenvalue weighted by atomic mass is 16.5. The molecule has 0 radical (unpaired) electrons. The van der Waals surface area contributed by atoms with Crippen molar-refractivity contribution in [2.24, 2.45) is 0 Å². The second-order valence-corrected chi connectivity index (χ2v) is 5.87. The van der Waals surface area contributed by atoms with E-state index in [4.69, 9.17) is 9.78 Å². The first-order valence-electron chi connectivity index (χ1n) is 7.67. The third kappa shape index (κ3) is 2.98. The van der Waals surface area contributed by atoms with Gasteiger partial charge in [0, 0.05) is 19.6 Å². The van der Waals surface area contributed by atoms with Gasteiger partial charge in [0.15, 0.2) is 5.82 Å². The first-order valence-corrected chi connectivity index (χ1v) is 7.67. The maximum absolute atomic E-state index is 12.7. The minimum absolute atomic E-state index is 0.136. The van der Waals surface area contributed by atoms with Crippen molar-refractivity contribution in [1.82, 2.24) is 24.9 Å². The highest BCUT2D eigenvalue weighted by Gasteiger charge is 2.32. The number of rotatable bonds is 2. The Morgan fingerprint density at radius 2 is 2.12 bits per heavy atom. The molecule has 2 aromatic rings. The van der Waals surface area contributed by atoms with Crippen LogP contribution in [0.25, 0.3) is 0 Å². The van der Waals surface area contributed by atoms with Crippen LogP contribution in [0.3, 0.4) is 0 Å². The summed E-state index contributed by atoms with van der Waals surface area (Å²) in [6.07, 6.45) is 0. The van der Waals surface area contributed by atoms with E-state index in [0.717, 1.165) is 0 Å². The number of carbonyl (C=O) groups excluding carboxylic acids is 1. The number of carbonyl (C=O) groups is 1. The molecule has 0 bridgehead atoms. The third-order valence-corrected chi connectivity index (χ3v) is 4.19. The Labute approximate surface area is 139 Å². The van der Waals surface area contributed by atoms with E-state index in [1.165, 1.54) is 0 Å². The fourth-order valence-corrected chi connectivity index (χ4v) is 2.73. The van der Waals surface area contributed by atoms with E-state index in [1.807, 2.05) is 7.05 Å². The van der Waals surface area contributed by atoms with Crippen molar-refractivity contribution in [1.29, 1.82) is 5.26 Å². The monoisotopic (exact) mass is 326 g/mol. The zero-order chi connectivity index (χ0) is 17.3. The molecule has 1 aliphatic heterocycles. The van der Waals surface area contributed by atoms with Crippen molar-refractivity contribution in [3.8, 4) is 6.07 Å². The summed E-state index contributed by atoms with van der Waals surface area (Å²) in [5.74, 6) is 0.930. The number of aromatic nitrogens is 3. The summed E-state index contributed by atoms with van der Waals surface area (Å²) in [4.78, 5) is 25.1. The molecule has 8 nitrogen and oxygen atoms in total. The van der Waals surface area contributed by atoms with Crippen molar-refractivity contribution in [3.63, 3.8) is 0 Å². The van der Waals surface area contributed by atoms with Crippen LogP contribution < -0.4 is 0 Å². The van der Waals surface area contributed by atoms with Crippen molar-refractivity contribution >= 4 is 5.91 Å². The lowest BCUT2D eigenvalue weighted by molar-refractivity contribution is 0.0483. The SMILES string of the molecule is Cc1noc([C@@H]2CN(C(=O)c3ccc(C#N)c(C)n3)CCN2C)n1. The Balaban J connectivity index is 1.80. The van der Waals surface area contributed by atoms with Gasteiger partial charge in [0.1, 0.15) is 17.8 Å². The number of nitrogens with zero attached hydrogens (tertiary/aromatic N) is 6. The molecule has 3 heterocycles. The largest absolute Gasteiger partial charge is 0.338 e. The van der Waals surface area contributed by atoms with Crippen LogP contribution in [0.2, 0.25) is 0 Å². The smallest absolute Gasteiger partial charge is 0.272 e. The quantitative estimate of drug-likeness (QED) is 0.814. The second kappa shape index (κ2) is 6.37. The fourth-order valence-electron chi connectivity index (χ4n) is 2.73. The van der Waals surface area contributed by atoms with Gasteiger partial charge in [-0.2, -0.15) is 10.2 Å². The molecule has 0 N–H and O–H groups in total. The van der Waals surface area contributed by atoms with Gasteiger partial charge < -0.3 is 9.42 Å². The maximum Gasteiger partial charge on any atom is 0.272 e. The Kier molecular flexibility index (Phi) is 4.27. The fraction of sp³-hybridized carbons (Fsp3) is 0.438. The number of likely N-dealkylation sites (N-methyl/N-ethyl adjacent to an activating group) is 1. The third-order valence-electron chi connectivity index (χ3n) is 4.19. The van der Waals surface area contributed by atoms with Gasteiger partial charge in [-0.1, -0.05) is 5.16 Å². The van der Waals surface area contributed by atoms with Crippen molar-refractivity contribution in [3.05, 3.63) is 40.8 Å². The van der Waals surface area contributed by atoms with Gasteiger partial charge in [-0.25, -0.2) is 4.98 Å². The number of nitriles is 1. The van der Waals surface area contributed by atoms with Crippen LogP contribution in [-0.4, -0.2) is 57.5 Å². The van der Waals surface area contributed by atoms with Crippen molar-refractivity contribution < 1.29 is 9.32 Å². The van der Waals surface area contributed by atoms with Gasteiger partial charge in [0.2, 0.25) is 5.89 Å². The highest BCUT2D eigenvalue weighted by Crippen LogP contribution is 2.23. The minimum Gasteiger partial charge on any atom is -0.338 e. The Hall–Kier alpha value is -2.79. The van der Waals surface area contributed by atoms with E-state index in [9.17, 15) is 4.79 Å². The summed E-state index contributed by atoms with van der Waals surface area (Å²) in [6.45, 7) is 5.25. The molecule has 0 aliphatic carbocycles. The lowest BCUT2D eigenvalue weighted by Crippen LogP contribution is -2.49. The molecule has 2 aromatic heterocycles. The number of piperazine rings is 1. The molecule has 1 fully saturated rings. The summed E-state index contributed by atoms with van der Waals surface area (Å²) < 4.78 is 5.26. The molecular weight excluding hydrogens is 308 g/mol. The van der Waals surface area contributed by atoms with Gasteiger partial charge in [-0.15, -0.1) is 0 Å². The summed E-state index contributed by atoms with van der Waals surface area (Å²) in [5, 5.41) is 12.8. The maximum atomic E-state index is 12.7. The standard InChI is InChI=1S/C16H18N6O2/c1-10-12(8-17)4-5-13(18-10)16(23)22-7-6-21(3)14(9-22)15-19-11(2)20-24-15/h4-5,14H,6-7,9H2,1-3H3/t14-/m0/s1. The second-order valence-electron chi connectivity index (χ2n) is 5.87. The van der Waals surface area contributed by atoms with E-state index in [-0.39, 0.29) is 11.9 Å². The molecule has 24 heavy (non-hydrogen) atoms. The van der Waals surface area contributed by atoms with Crippen molar-refractivity contribution in [2.45, 2.75) is 19.9 Å². The van der Waals surface area contributed by atoms with Crippen LogP contribution in [0.5, 0.6) is 0 Å². The molecule has 8 heteroatoms. The van der Waals surface area contributed by atoms with E-state index >= 15 is 0 Å². The highest BCUT2D eigenvalue weighted by molar-refractivity contribution is 5.92. The van der Waals surface area contributed by atoms with Gasteiger partial charge in [-0.3, -0.25) is 9.69 Å². The van der Waals surface area contributed by atoms with Crippen LogP contribution in [0, 0.1) is 25.2 Å². The number of hydrogen-bond acceptors (Lipinski definition) is 7. The minimum atomic E-state index is -0.156. The number of hydrogen-bond donors (Lipinski definition) is 0. The van der Waals surface area contributed by atoms with E-state index in [1.54, 1.807) is 30.9 Å². The Morgan fingerprint density at radius 1 is 1.33 bits per heavy atom. The number of amides is 1. The zero-order valence-corrected chi connectivity index (χ0v) is 13.9. The molecule has 3 rings (SSSR count). The summed E-state index contributed by atoms with van der Waals surface area (Å²) in [5.41, 5.74) is 1.38. The van der Waals surface area contributed by atoms with E-state index < -0.39 is 0 Å². The van der Waals surface area contributed by atoms with Gasteiger partial charge in [-0.05, 0) is 33.0 Å². The van der Waals surface area contributed by atoms with E-state index in [2.05, 4.69) is 26.1 Å². The van der Waals surface area contributed by atoms with Gasteiger partial charge in [0.25, 0.3) is 5.91 Å².